The predicted molar refractivity (Wildman–Crippen MR) is 115 cm³/mol. The zero-order valence-corrected chi connectivity index (χ0v) is 18.9. The molecule has 1 unspecified atom stereocenters. The zero-order chi connectivity index (χ0) is 20.7. The minimum atomic E-state index is 0.244. The van der Waals surface area contributed by atoms with Gasteiger partial charge < -0.3 is 0 Å². The summed E-state index contributed by atoms with van der Waals surface area (Å²) in [4.78, 5) is 23.4. The molecule has 0 aromatic carbocycles. The average molecular weight is 375 g/mol. The highest BCUT2D eigenvalue weighted by Crippen LogP contribution is 2.51. The molecule has 2 aliphatic carbocycles. The van der Waals surface area contributed by atoms with Crippen LogP contribution in [-0.4, -0.2) is 11.6 Å². The molecule has 27 heavy (non-hydrogen) atoms. The Morgan fingerprint density at radius 2 is 1.44 bits per heavy atom. The Hall–Kier alpha value is -1.18. The van der Waals surface area contributed by atoms with Crippen LogP contribution in [0.1, 0.15) is 74.7 Å². The van der Waals surface area contributed by atoms with Crippen LogP contribution >= 0.6 is 0 Å². The first kappa shape index (κ1) is 23.9. The molecular weight excluding hydrogens is 332 g/mol. The Bertz CT molecular complexity index is 537. The largest absolute Gasteiger partial charge is 0.299 e. The molecule has 2 bridgehead atoms. The SMILES string of the molecule is CC(C)/C=C/C(=O)CC(C)C.CC(C)CC(=O)C1[C@H](C(C)C)[C@H]2C=C[C@@H]1C2. The van der Waals surface area contributed by atoms with E-state index in [1.54, 1.807) is 6.08 Å². The van der Waals surface area contributed by atoms with Gasteiger partial charge in [0.05, 0.1) is 0 Å². The van der Waals surface area contributed by atoms with Crippen LogP contribution in [0, 0.1) is 47.3 Å². The topological polar surface area (TPSA) is 34.1 Å². The van der Waals surface area contributed by atoms with Crippen molar-refractivity contribution < 1.29 is 9.59 Å². The van der Waals surface area contributed by atoms with Crippen LogP contribution in [0.4, 0.5) is 0 Å². The minimum absolute atomic E-state index is 0.244. The number of hydrogen-bond acceptors (Lipinski definition) is 2. The van der Waals surface area contributed by atoms with E-state index in [9.17, 15) is 9.59 Å². The second-order valence-electron chi connectivity index (χ2n) is 10.0. The fourth-order valence-electron chi connectivity index (χ4n) is 4.53. The third-order valence-electron chi connectivity index (χ3n) is 5.55. The van der Waals surface area contributed by atoms with E-state index in [1.807, 2.05) is 6.08 Å². The summed E-state index contributed by atoms with van der Waals surface area (Å²) >= 11 is 0. The monoisotopic (exact) mass is 374 g/mol. The van der Waals surface area contributed by atoms with Gasteiger partial charge in [0.1, 0.15) is 5.78 Å². The molecule has 0 aliphatic heterocycles. The normalized spacial score (nSPS) is 26.5. The molecule has 0 radical (unpaired) electrons. The Morgan fingerprint density at radius 3 is 1.93 bits per heavy atom. The van der Waals surface area contributed by atoms with E-state index in [0.717, 1.165) is 6.42 Å². The molecule has 1 saturated carbocycles. The Labute approximate surface area is 167 Å². The molecule has 0 aromatic rings. The fraction of sp³-hybridized carbons (Fsp3) is 0.760. The molecule has 2 aliphatic rings. The van der Waals surface area contributed by atoms with Gasteiger partial charge in [-0.25, -0.2) is 0 Å². The molecule has 0 heterocycles. The first-order chi connectivity index (χ1) is 12.5. The lowest BCUT2D eigenvalue weighted by molar-refractivity contribution is -0.126. The zero-order valence-electron chi connectivity index (χ0n) is 18.9. The van der Waals surface area contributed by atoms with Gasteiger partial charge in [0.15, 0.2) is 5.78 Å². The molecule has 2 heteroatoms. The molecular formula is C25H42O2. The van der Waals surface area contributed by atoms with E-state index in [2.05, 4.69) is 67.5 Å². The Morgan fingerprint density at radius 1 is 0.889 bits per heavy atom. The molecule has 1 fully saturated rings. The highest BCUT2D eigenvalue weighted by molar-refractivity contribution is 5.89. The van der Waals surface area contributed by atoms with Crippen molar-refractivity contribution in [1.82, 2.24) is 0 Å². The van der Waals surface area contributed by atoms with Crippen LogP contribution < -0.4 is 0 Å². The second kappa shape index (κ2) is 11.0. The van der Waals surface area contributed by atoms with Crippen molar-refractivity contribution in [3.8, 4) is 0 Å². The van der Waals surface area contributed by atoms with E-state index in [0.29, 0.717) is 59.5 Å². The number of carbonyl (C=O) groups is 2. The van der Waals surface area contributed by atoms with Crippen molar-refractivity contribution in [1.29, 1.82) is 0 Å². The summed E-state index contributed by atoms with van der Waals surface area (Å²) < 4.78 is 0. The standard InChI is InChI=1S/C15H24O.C10H18O/c1-9(2)7-13(16)15-12-6-5-11(8-12)14(15)10(3)4;1-8(2)5-6-10(11)7-9(3)4/h5-6,9-12,14-15H,7-8H2,1-4H3;5-6,8-9H,7H2,1-4H3/b;6-5+/t11-,12+,14+,15?;/m0./s1. The quantitative estimate of drug-likeness (QED) is 0.358. The maximum absolute atomic E-state index is 12.3. The van der Waals surface area contributed by atoms with E-state index in [-0.39, 0.29) is 5.78 Å². The first-order valence-electron chi connectivity index (χ1n) is 10.9. The molecule has 0 amide bonds. The maximum Gasteiger partial charge on any atom is 0.155 e. The van der Waals surface area contributed by atoms with Gasteiger partial charge in [0.2, 0.25) is 0 Å². The van der Waals surface area contributed by atoms with Crippen LogP contribution in [0.5, 0.6) is 0 Å². The van der Waals surface area contributed by atoms with Crippen LogP contribution in [0.3, 0.4) is 0 Å². The molecule has 0 aromatic heterocycles. The van der Waals surface area contributed by atoms with Gasteiger partial charge in [-0.3, -0.25) is 9.59 Å². The fourth-order valence-corrected chi connectivity index (χ4v) is 4.53. The summed E-state index contributed by atoms with van der Waals surface area (Å²) in [7, 11) is 0. The maximum atomic E-state index is 12.3. The third-order valence-corrected chi connectivity index (χ3v) is 5.55. The van der Waals surface area contributed by atoms with E-state index >= 15 is 0 Å². The third kappa shape index (κ3) is 7.76. The Balaban J connectivity index is 0.000000293. The summed E-state index contributed by atoms with van der Waals surface area (Å²) in [6, 6.07) is 0. The lowest BCUT2D eigenvalue weighted by Gasteiger charge is -2.30. The van der Waals surface area contributed by atoms with Crippen LogP contribution in [0.2, 0.25) is 0 Å². The number of Topliss-reactive ketones (excluding diaryl/α,β-unsaturated/α-hetero) is 1. The van der Waals surface area contributed by atoms with Gasteiger partial charge in [-0.15, -0.1) is 0 Å². The van der Waals surface area contributed by atoms with Gasteiger partial charge in [-0.1, -0.05) is 73.6 Å². The van der Waals surface area contributed by atoms with Crippen LogP contribution in [-0.2, 0) is 9.59 Å². The number of carbonyl (C=O) groups excluding carboxylic acids is 2. The van der Waals surface area contributed by atoms with Crippen molar-refractivity contribution in [2.75, 3.05) is 0 Å². The highest BCUT2D eigenvalue weighted by Gasteiger charge is 2.48. The van der Waals surface area contributed by atoms with Crippen molar-refractivity contribution in [3.63, 3.8) is 0 Å². The molecule has 2 rings (SSSR count). The smallest absolute Gasteiger partial charge is 0.155 e. The lowest BCUT2D eigenvalue weighted by atomic mass is 9.73. The van der Waals surface area contributed by atoms with Crippen molar-refractivity contribution in [2.45, 2.75) is 74.7 Å². The number of ketones is 2. The summed E-state index contributed by atoms with van der Waals surface area (Å²) in [5, 5.41) is 0. The number of rotatable bonds is 8. The van der Waals surface area contributed by atoms with Crippen LogP contribution in [0.15, 0.2) is 24.3 Å². The minimum Gasteiger partial charge on any atom is -0.299 e. The number of fused-ring (bicyclic) bond motifs is 2. The van der Waals surface area contributed by atoms with Gasteiger partial charge in [-0.2, -0.15) is 0 Å². The summed E-state index contributed by atoms with van der Waals surface area (Å²) in [6.07, 6.45) is 11.0. The average Bonchev–Trinajstić information content (AvgIpc) is 3.13. The van der Waals surface area contributed by atoms with Crippen molar-refractivity contribution in [3.05, 3.63) is 24.3 Å². The molecule has 4 atom stereocenters. The molecule has 0 spiro atoms. The van der Waals surface area contributed by atoms with Crippen LogP contribution in [0.25, 0.3) is 0 Å². The summed E-state index contributed by atoms with van der Waals surface area (Å²) in [5.74, 6) is 5.04. The second-order valence-corrected chi connectivity index (χ2v) is 10.0. The van der Waals surface area contributed by atoms with E-state index in [4.69, 9.17) is 0 Å². The van der Waals surface area contributed by atoms with Gasteiger partial charge in [0, 0.05) is 18.8 Å². The molecule has 0 saturated heterocycles. The van der Waals surface area contributed by atoms with Gasteiger partial charge >= 0.3 is 0 Å². The highest BCUT2D eigenvalue weighted by atomic mass is 16.1. The molecule has 2 nitrogen and oxygen atoms in total. The molecule has 154 valence electrons. The summed E-state index contributed by atoms with van der Waals surface area (Å²) in [5.41, 5.74) is 0. The molecule has 0 N–H and O–H groups in total. The first-order valence-corrected chi connectivity index (χ1v) is 10.9. The van der Waals surface area contributed by atoms with Gasteiger partial charge in [-0.05, 0) is 53.9 Å². The van der Waals surface area contributed by atoms with E-state index in [1.165, 1.54) is 6.42 Å². The van der Waals surface area contributed by atoms with E-state index < -0.39 is 0 Å². The number of hydrogen-bond donors (Lipinski definition) is 0. The van der Waals surface area contributed by atoms with Crippen molar-refractivity contribution >= 4 is 11.6 Å². The van der Waals surface area contributed by atoms with Gasteiger partial charge in [0.25, 0.3) is 0 Å². The van der Waals surface area contributed by atoms with Crippen molar-refractivity contribution in [2.24, 2.45) is 47.3 Å². The lowest BCUT2D eigenvalue weighted by Crippen LogP contribution is -2.31. The Kier molecular flexibility index (Phi) is 9.70. The summed E-state index contributed by atoms with van der Waals surface area (Å²) in [6.45, 7) is 17.1. The number of allylic oxidation sites excluding steroid dienone is 4. The predicted octanol–water partition coefficient (Wildman–Crippen LogP) is 6.51.